The zero-order chi connectivity index (χ0) is 15.5. The van der Waals surface area contributed by atoms with E-state index in [1.54, 1.807) is 24.5 Å². The van der Waals surface area contributed by atoms with Crippen molar-refractivity contribution in [2.75, 3.05) is 6.54 Å². The second kappa shape index (κ2) is 6.60. The summed E-state index contributed by atoms with van der Waals surface area (Å²) in [6.07, 6.45) is 3.71. The van der Waals surface area contributed by atoms with Gasteiger partial charge in [0, 0.05) is 24.0 Å². The van der Waals surface area contributed by atoms with E-state index in [1.807, 2.05) is 5.38 Å². The molecule has 6 nitrogen and oxygen atoms in total. The van der Waals surface area contributed by atoms with Crippen LogP contribution in [0, 0.1) is 10.1 Å². The third-order valence-electron chi connectivity index (χ3n) is 4.07. The van der Waals surface area contributed by atoms with Gasteiger partial charge in [0.2, 0.25) is 0 Å². The molecule has 0 radical (unpaired) electrons. The second-order valence-corrected chi connectivity index (χ2v) is 6.47. The highest BCUT2D eigenvalue weighted by molar-refractivity contribution is 7.13. The molecule has 22 heavy (non-hydrogen) atoms. The van der Waals surface area contributed by atoms with E-state index < -0.39 is 6.10 Å². The van der Waals surface area contributed by atoms with E-state index in [0.717, 1.165) is 36.3 Å². The maximum atomic E-state index is 10.8. The average Bonchev–Trinajstić information content (AvgIpc) is 3.20. The van der Waals surface area contributed by atoms with E-state index in [-0.39, 0.29) is 16.0 Å². The molecule has 1 aliphatic rings. The van der Waals surface area contributed by atoms with Gasteiger partial charge in [0.05, 0.1) is 11.2 Å². The van der Waals surface area contributed by atoms with E-state index in [9.17, 15) is 15.2 Å². The minimum atomic E-state index is -0.600. The van der Waals surface area contributed by atoms with Crippen LogP contribution in [0.4, 0.5) is 5.00 Å². The van der Waals surface area contributed by atoms with Crippen molar-refractivity contribution in [3.8, 4) is 0 Å². The summed E-state index contributed by atoms with van der Waals surface area (Å²) in [6.45, 7) is 1.65. The summed E-state index contributed by atoms with van der Waals surface area (Å²) < 4.78 is 5.25. The number of aliphatic hydroxyl groups excluding tert-OH is 1. The van der Waals surface area contributed by atoms with Crippen molar-refractivity contribution in [1.82, 2.24) is 4.90 Å². The number of hydrogen-bond donors (Lipinski definition) is 1. The Morgan fingerprint density at radius 3 is 3.14 bits per heavy atom. The van der Waals surface area contributed by atoms with Crippen molar-refractivity contribution in [2.45, 2.75) is 38.0 Å². The number of likely N-dealkylation sites (tertiary alicyclic amines) is 1. The summed E-state index contributed by atoms with van der Waals surface area (Å²) in [4.78, 5) is 12.7. The summed E-state index contributed by atoms with van der Waals surface area (Å²) in [5.74, 6) is 0.595. The predicted octanol–water partition coefficient (Wildman–Crippen LogP) is 3.34. The first-order valence-corrected chi connectivity index (χ1v) is 8.19. The Balaban J connectivity index is 1.61. The molecule has 3 heterocycles. The van der Waals surface area contributed by atoms with Crippen LogP contribution in [0.1, 0.15) is 36.7 Å². The number of nitrogens with zero attached hydrogens (tertiary/aromatic N) is 2. The Labute approximate surface area is 132 Å². The number of rotatable bonds is 6. The molecule has 0 bridgehead atoms. The molecule has 1 N–H and O–H groups in total. The van der Waals surface area contributed by atoms with Crippen LogP contribution >= 0.6 is 11.3 Å². The molecule has 1 aliphatic heterocycles. The molecule has 2 aromatic heterocycles. The van der Waals surface area contributed by atoms with Crippen LogP contribution in [0.3, 0.4) is 0 Å². The normalized spacial score (nSPS) is 20.3. The molecule has 2 aromatic rings. The third-order valence-corrected chi connectivity index (χ3v) is 5.00. The fourth-order valence-corrected chi connectivity index (χ4v) is 3.72. The molecule has 0 aromatic carbocycles. The van der Waals surface area contributed by atoms with E-state index in [4.69, 9.17) is 4.42 Å². The fourth-order valence-electron chi connectivity index (χ4n) is 3.00. The summed E-state index contributed by atoms with van der Waals surface area (Å²) in [5.41, 5.74) is 0.969. The van der Waals surface area contributed by atoms with Crippen LogP contribution in [-0.4, -0.2) is 27.5 Å². The van der Waals surface area contributed by atoms with Gasteiger partial charge in [-0.25, -0.2) is 0 Å². The monoisotopic (exact) mass is 322 g/mol. The lowest BCUT2D eigenvalue weighted by molar-refractivity contribution is -0.380. The standard InChI is InChI=1S/C15H18N2O4S/c18-13(14-4-2-6-21-14)8-12-3-1-5-16(12)9-11-7-15(17(19)20)22-10-11/h2,4,6-7,10,12-13,18H,1,3,5,8-9H2. The van der Waals surface area contributed by atoms with E-state index in [2.05, 4.69) is 4.90 Å². The molecular weight excluding hydrogens is 304 g/mol. The number of nitro groups is 1. The van der Waals surface area contributed by atoms with Gasteiger partial charge in [0.1, 0.15) is 11.9 Å². The van der Waals surface area contributed by atoms with Crippen molar-refractivity contribution in [1.29, 1.82) is 0 Å². The number of furan rings is 1. The summed E-state index contributed by atoms with van der Waals surface area (Å²) in [5, 5.41) is 23.0. The van der Waals surface area contributed by atoms with Crippen molar-refractivity contribution in [3.63, 3.8) is 0 Å². The van der Waals surface area contributed by atoms with E-state index in [1.165, 1.54) is 0 Å². The Morgan fingerprint density at radius 1 is 1.59 bits per heavy atom. The molecule has 2 atom stereocenters. The first-order valence-electron chi connectivity index (χ1n) is 7.31. The topological polar surface area (TPSA) is 79.8 Å². The predicted molar refractivity (Wildman–Crippen MR) is 82.7 cm³/mol. The van der Waals surface area contributed by atoms with Crippen LogP contribution in [0.5, 0.6) is 0 Å². The molecule has 7 heteroatoms. The van der Waals surface area contributed by atoms with Gasteiger partial charge in [0.25, 0.3) is 0 Å². The minimum Gasteiger partial charge on any atom is -0.467 e. The van der Waals surface area contributed by atoms with Gasteiger partial charge in [-0.1, -0.05) is 11.3 Å². The molecule has 0 amide bonds. The van der Waals surface area contributed by atoms with E-state index in [0.29, 0.717) is 18.7 Å². The maximum Gasteiger partial charge on any atom is 0.324 e. The van der Waals surface area contributed by atoms with Crippen molar-refractivity contribution >= 4 is 16.3 Å². The molecular formula is C15H18N2O4S. The first kappa shape index (κ1) is 15.2. The first-order chi connectivity index (χ1) is 10.6. The average molecular weight is 322 g/mol. The van der Waals surface area contributed by atoms with Crippen molar-refractivity contribution in [2.24, 2.45) is 0 Å². The van der Waals surface area contributed by atoms with Gasteiger partial charge in [0.15, 0.2) is 0 Å². The lowest BCUT2D eigenvalue weighted by atomic mass is 10.0. The number of aliphatic hydroxyl groups is 1. The van der Waals surface area contributed by atoms with E-state index >= 15 is 0 Å². The highest BCUT2D eigenvalue weighted by Crippen LogP contribution is 2.30. The van der Waals surface area contributed by atoms with Gasteiger partial charge in [-0.3, -0.25) is 15.0 Å². The molecule has 0 saturated carbocycles. The zero-order valence-corrected chi connectivity index (χ0v) is 12.9. The second-order valence-electron chi connectivity index (χ2n) is 5.58. The molecule has 1 fully saturated rings. The van der Waals surface area contributed by atoms with Gasteiger partial charge >= 0.3 is 5.00 Å². The number of thiophene rings is 1. The Bertz CT molecular complexity index is 625. The molecule has 0 aliphatic carbocycles. The lowest BCUT2D eigenvalue weighted by Gasteiger charge is -2.25. The molecule has 118 valence electrons. The Hall–Kier alpha value is -1.70. The zero-order valence-electron chi connectivity index (χ0n) is 12.1. The smallest absolute Gasteiger partial charge is 0.324 e. The van der Waals surface area contributed by atoms with Crippen LogP contribution in [0.2, 0.25) is 0 Å². The van der Waals surface area contributed by atoms with Crippen molar-refractivity contribution in [3.05, 3.63) is 51.3 Å². The summed E-state index contributed by atoms with van der Waals surface area (Å²) in [7, 11) is 0. The molecule has 0 spiro atoms. The quantitative estimate of drug-likeness (QED) is 0.652. The van der Waals surface area contributed by atoms with Gasteiger partial charge in [-0.05, 0) is 43.5 Å². The summed E-state index contributed by atoms with van der Waals surface area (Å²) >= 11 is 1.16. The maximum absolute atomic E-state index is 10.8. The molecule has 1 saturated heterocycles. The van der Waals surface area contributed by atoms with Gasteiger partial charge in [-0.15, -0.1) is 0 Å². The van der Waals surface area contributed by atoms with Crippen LogP contribution in [0.15, 0.2) is 34.3 Å². The Kier molecular flexibility index (Phi) is 4.56. The van der Waals surface area contributed by atoms with Crippen LogP contribution in [0.25, 0.3) is 0 Å². The number of hydrogen-bond acceptors (Lipinski definition) is 6. The molecule has 2 unspecified atom stereocenters. The fraction of sp³-hybridized carbons (Fsp3) is 0.467. The molecule has 3 rings (SSSR count). The highest BCUT2D eigenvalue weighted by atomic mass is 32.1. The Morgan fingerprint density at radius 2 is 2.45 bits per heavy atom. The van der Waals surface area contributed by atoms with Crippen LogP contribution < -0.4 is 0 Å². The lowest BCUT2D eigenvalue weighted by Crippen LogP contribution is -2.30. The largest absolute Gasteiger partial charge is 0.467 e. The minimum absolute atomic E-state index is 0.182. The SMILES string of the molecule is O=[N+]([O-])c1cc(CN2CCCC2CC(O)c2ccco2)cs1. The highest BCUT2D eigenvalue weighted by Gasteiger charge is 2.28. The van der Waals surface area contributed by atoms with Gasteiger partial charge < -0.3 is 9.52 Å². The van der Waals surface area contributed by atoms with Gasteiger partial charge in [-0.2, -0.15) is 0 Å². The van der Waals surface area contributed by atoms with Crippen LogP contribution in [-0.2, 0) is 6.54 Å². The third kappa shape index (κ3) is 3.37. The van der Waals surface area contributed by atoms with Crippen molar-refractivity contribution < 1.29 is 14.4 Å². The summed E-state index contributed by atoms with van der Waals surface area (Å²) in [6, 6.07) is 5.48.